The molecule has 0 spiro atoms. The molecule has 2 rings (SSSR count). The molecule has 2 atom stereocenters. The van der Waals surface area contributed by atoms with Gasteiger partial charge in [-0.15, -0.1) is 0 Å². The summed E-state index contributed by atoms with van der Waals surface area (Å²) in [7, 11) is 0. The van der Waals surface area contributed by atoms with E-state index < -0.39 is 0 Å². The number of benzene rings is 1. The minimum atomic E-state index is 0.0288. The highest BCUT2D eigenvalue weighted by Crippen LogP contribution is 2.24. The summed E-state index contributed by atoms with van der Waals surface area (Å²) >= 11 is 0. The van der Waals surface area contributed by atoms with Gasteiger partial charge in [-0.2, -0.15) is 0 Å². The average molecular weight is 233 g/mol. The topological polar surface area (TPSA) is 12.2 Å². The fraction of sp³-hybridized carbons (Fsp3) is 0.600. The van der Waals surface area contributed by atoms with Crippen LogP contribution in [-0.2, 0) is 11.3 Å². The Balaban J connectivity index is 1.71. The summed E-state index contributed by atoms with van der Waals surface area (Å²) in [5.74, 6) is 0. The maximum absolute atomic E-state index is 5.93. The van der Waals surface area contributed by atoms with Gasteiger partial charge in [-0.3, -0.25) is 4.90 Å². The minimum Gasteiger partial charge on any atom is -0.374 e. The van der Waals surface area contributed by atoms with Crippen molar-refractivity contribution in [3.8, 4) is 0 Å². The lowest BCUT2D eigenvalue weighted by Crippen LogP contribution is -2.26. The second kappa shape index (κ2) is 5.19. The van der Waals surface area contributed by atoms with Crippen LogP contribution in [0.4, 0.5) is 0 Å². The normalized spacial score (nSPS) is 23.7. The molecule has 1 heterocycles. The molecule has 2 nitrogen and oxygen atoms in total. The van der Waals surface area contributed by atoms with Crippen LogP contribution in [-0.4, -0.2) is 29.7 Å². The number of hydrogen-bond donors (Lipinski definition) is 0. The van der Waals surface area contributed by atoms with E-state index in [0.29, 0.717) is 6.04 Å². The molecule has 0 bridgehead atoms. The molecule has 1 saturated heterocycles. The molecule has 1 aromatic rings. The van der Waals surface area contributed by atoms with Gasteiger partial charge in [-0.1, -0.05) is 37.3 Å². The van der Waals surface area contributed by atoms with Crippen LogP contribution in [0.15, 0.2) is 30.3 Å². The molecule has 94 valence electrons. The van der Waals surface area contributed by atoms with Crippen molar-refractivity contribution in [2.45, 2.75) is 45.4 Å². The van der Waals surface area contributed by atoms with E-state index in [9.17, 15) is 0 Å². The molecular weight excluding hydrogens is 210 g/mol. The van der Waals surface area contributed by atoms with Crippen molar-refractivity contribution in [2.24, 2.45) is 0 Å². The lowest BCUT2D eigenvalue weighted by molar-refractivity contribution is -0.0224. The highest BCUT2D eigenvalue weighted by atomic mass is 16.5. The van der Waals surface area contributed by atoms with Crippen LogP contribution in [0.2, 0.25) is 0 Å². The summed E-state index contributed by atoms with van der Waals surface area (Å²) in [6.07, 6.45) is 1.07. The zero-order valence-corrected chi connectivity index (χ0v) is 11.1. The van der Waals surface area contributed by atoms with E-state index in [1.807, 2.05) is 0 Å². The summed E-state index contributed by atoms with van der Waals surface area (Å²) in [4.78, 5) is 2.46. The third-order valence-corrected chi connectivity index (χ3v) is 3.57. The van der Waals surface area contributed by atoms with Crippen molar-refractivity contribution in [3.63, 3.8) is 0 Å². The third-order valence-electron chi connectivity index (χ3n) is 3.57. The molecule has 1 aliphatic heterocycles. The van der Waals surface area contributed by atoms with Crippen molar-refractivity contribution in [1.82, 2.24) is 4.90 Å². The van der Waals surface area contributed by atoms with E-state index in [1.54, 1.807) is 0 Å². The molecule has 0 N–H and O–H groups in total. The Morgan fingerprint density at radius 3 is 2.65 bits per heavy atom. The predicted octanol–water partition coefficient (Wildman–Crippen LogP) is 3.08. The Hall–Kier alpha value is -0.860. The highest BCUT2D eigenvalue weighted by Gasteiger charge is 2.35. The van der Waals surface area contributed by atoms with E-state index in [-0.39, 0.29) is 5.60 Å². The molecule has 17 heavy (non-hydrogen) atoms. The van der Waals surface area contributed by atoms with Gasteiger partial charge in [0.25, 0.3) is 0 Å². The van der Waals surface area contributed by atoms with Crippen molar-refractivity contribution < 1.29 is 4.74 Å². The summed E-state index contributed by atoms with van der Waals surface area (Å²) in [5.41, 5.74) is 1.42. The zero-order chi connectivity index (χ0) is 12.3. The Morgan fingerprint density at radius 1 is 1.29 bits per heavy atom. The first-order chi connectivity index (χ1) is 8.11. The Labute approximate surface area is 105 Å². The van der Waals surface area contributed by atoms with E-state index in [4.69, 9.17) is 4.74 Å². The van der Waals surface area contributed by atoms with Crippen molar-refractivity contribution in [2.75, 3.05) is 13.2 Å². The fourth-order valence-electron chi connectivity index (χ4n) is 1.82. The van der Waals surface area contributed by atoms with Gasteiger partial charge in [0.2, 0.25) is 0 Å². The van der Waals surface area contributed by atoms with E-state index in [2.05, 4.69) is 56.0 Å². The molecule has 2 heteroatoms. The maximum Gasteiger partial charge on any atom is 0.0641 e. The smallest absolute Gasteiger partial charge is 0.0641 e. The lowest BCUT2D eigenvalue weighted by atomic mass is 10.1. The molecule has 2 unspecified atom stereocenters. The lowest BCUT2D eigenvalue weighted by Gasteiger charge is -2.23. The Bertz CT molecular complexity index is 347. The fourth-order valence-corrected chi connectivity index (χ4v) is 1.82. The van der Waals surface area contributed by atoms with Gasteiger partial charge in [0.15, 0.2) is 0 Å². The third kappa shape index (κ3) is 3.83. The quantitative estimate of drug-likeness (QED) is 0.700. The molecule has 0 saturated carbocycles. The van der Waals surface area contributed by atoms with E-state index >= 15 is 0 Å². The molecule has 0 amide bonds. The zero-order valence-electron chi connectivity index (χ0n) is 11.1. The summed E-state index contributed by atoms with van der Waals surface area (Å²) in [5, 5.41) is 0. The highest BCUT2D eigenvalue weighted by molar-refractivity contribution is 5.15. The van der Waals surface area contributed by atoms with Crippen LogP contribution in [0, 0.1) is 0 Å². The largest absolute Gasteiger partial charge is 0.374 e. The molecular formula is C15H23NO. The van der Waals surface area contributed by atoms with Crippen LogP contribution in [0.1, 0.15) is 32.8 Å². The van der Waals surface area contributed by atoms with Crippen LogP contribution in [0.25, 0.3) is 0 Å². The number of nitrogens with zero attached hydrogens (tertiary/aromatic N) is 1. The van der Waals surface area contributed by atoms with Gasteiger partial charge >= 0.3 is 0 Å². The average Bonchev–Trinajstić information content (AvgIpc) is 3.07. The molecule has 0 aliphatic carbocycles. The molecule has 1 aliphatic rings. The van der Waals surface area contributed by atoms with Gasteiger partial charge in [0, 0.05) is 19.1 Å². The van der Waals surface area contributed by atoms with Gasteiger partial charge in [0.05, 0.1) is 12.2 Å². The van der Waals surface area contributed by atoms with Crippen molar-refractivity contribution in [3.05, 3.63) is 35.9 Å². The number of ether oxygens (including phenoxy) is 1. The second-order valence-corrected chi connectivity index (χ2v) is 5.49. The van der Waals surface area contributed by atoms with Crippen LogP contribution in [0.5, 0.6) is 0 Å². The molecule has 0 aromatic heterocycles. The van der Waals surface area contributed by atoms with Crippen LogP contribution >= 0.6 is 0 Å². The molecule has 1 fully saturated rings. The number of hydrogen-bond acceptors (Lipinski definition) is 2. The van der Waals surface area contributed by atoms with E-state index in [0.717, 1.165) is 19.6 Å². The predicted molar refractivity (Wildman–Crippen MR) is 71.0 cm³/mol. The first kappa shape index (κ1) is 12.6. The van der Waals surface area contributed by atoms with Crippen LogP contribution in [0.3, 0.4) is 0 Å². The summed E-state index contributed by atoms with van der Waals surface area (Å²) in [6, 6.07) is 11.3. The standard InChI is InChI=1S/C15H23NO/c1-4-15(2,3)17-12-14-11-16(14)10-13-8-6-5-7-9-13/h5-9,14H,4,10-12H2,1-3H3. The molecule has 0 radical (unpaired) electrons. The summed E-state index contributed by atoms with van der Waals surface area (Å²) in [6.45, 7) is 9.60. The van der Waals surface area contributed by atoms with Gasteiger partial charge < -0.3 is 4.74 Å². The Morgan fingerprint density at radius 2 is 2.00 bits per heavy atom. The van der Waals surface area contributed by atoms with E-state index in [1.165, 1.54) is 12.1 Å². The Kier molecular flexibility index (Phi) is 3.85. The van der Waals surface area contributed by atoms with Gasteiger partial charge in [-0.25, -0.2) is 0 Å². The summed E-state index contributed by atoms with van der Waals surface area (Å²) < 4.78 is 5.93. The van der Waals surface area contributed by atoms with Crippen molar-refractivity contribution in [1.29, 1.82) is 0 Å². The van der Waals surface area contributed by atoms with Gasteiger partial charge in [0.1, 0.15) is 0 Å². The molecule has 1 aromatic carbocycles. The monoisotopic (exact) mass is 233 g/mol. The van der Waals surface area contributed by atoms with Crippen LogP contribution < -0.4 is 0 Å². The first-order valence-corrected chi connectivity index (χ1v) is 6.52. The minimum absolute atomic E-state index is 0.0288. The second-order valence-electron chi connectivity index (χ2n) is 5.49. The van der Waals surface area contributed by atoms with Crippen molar-refractivity contribution >= 4 is 0 Å². The van der Waals surface area contributed by atoms with Gasteiger partial charge in [-0.05, 0) is 25.8 Å². The number of rotatable bonds is 6. The maximum atomic E-state index is 5.93. The first-order valence-electron chi connectivity index (χ1n) is 6.52. The SMILES string of the molecule is CCC(C)(C)OCC1CN1Cc1ccccc1.